The zero-order valence-corrected chi connectivity index (χ0v) is 17.0. The van der Waals surface area contributed by atoms with E-state index < -0.39 is 23.6 Å². The van der Waals surface area contributed by atoms with E-state index in [4.69, 9.17) is 0 Å². The Morgan fingerprint density at radius 2 is 1.66 bits per heavy atom. The van der Waals surface area contributed by atoms with Crippen molar-refractivity contribution in [3.8, 4) is 0 Å². The number of amides is 2. The van der Waals surface area contributed by atoms with Crippen molar-refractivity contribution in [1.29, 1.82) is 0 Å². The zero-order valence-electron chi connectivity index (χ0n) is 17.0. The van der Waals surface area contributed by atoms with Gasteiger partial charge >= 0.3 is 6.18 Å². The summed E-state index contributed by atoms with van der Waals surface area (Å²) in [6.45, 7) is 2.65. The van der Waals surface area contributed by atoms with Gasteiger partial charge in [0.1, 0.15) is 6.54 Å². The maximum Gasteiger partial charge on any atom is 0.416 e. The molecule has 3 rings (SSSR count). The summed E-state index contributed by atoms with van der Waals surface area (Å²) in [4.78, 5) is 36.2. The Kier molecular flexibility index (Phi) is 6.37. The summed E-state index contributed by atoms with van der Waals surface area (Å²) in [5.74, 6) is -1.38. The highest BCUT2D eigenvalue weighted by Gasteiger charge is 2.30. The summed E-state index contributed by atoms with van der Waals surface area (Å²) >= 11 is 0. The number of anilines is 2. The number of carbonyl (C=O) groups is 3. The van der Waals surface area contributed by atoms with E-state index in [0.717, 1.165) is 12.1 Å². The fourth-order valence-corrected chi connectivity index (χ4v) is 2.84. The monoisotopic (exact) mass is 445 g/mol. The molecule has 1 aromatic heterocycles. The number of nitrogens with one attached hydrogen (secondary N) is 2. The third kappa shape index (κ3) is 5.36. The standard InChI is InChI=1S/C21H18F3N5O3/c1-12-19(20(32)26-17-8-4-6-15(10-17)21(22,23)24)27-28-29(12)11-18(31)25-16-7-3-5-14(9-16)13(2)30/h3-10H,11H2,1-2H3,(H,25,31)(H,26,32). The van der Waals surface area contributed by atoms with E-state index in [-0.39, 0.29) is 29.4 Å². The number of nitrogens with zero attached hydrogens (tertiary/aromatic N) is 3. The van der Waals surface area contributed by atoms with Crippen LogP contribution in [0.15, 0.2) is 48.5 Å². The van der Waals surface area contributed by atoms with Gasteiger partial charge < -0.3 is 10.6 Å². The first-order valence-electron chi connectivity index (χ1n) is 9.34. The minimum Gasteiger partial charge on any atom is -0.324 e. The summed E-state index contributed by atoms with van der Waals surface area (Å²) in [6.07, 6.45) is -4.54. The molecular formula is C21H18F3N5O3. The first-order chi connectivity index (χ1) is 15.0. The van der Waals surface area contributed by atoms with Crippen LogP contribution in [0.25, 0.3) is 0 Å². The van der Waals surface area contributed by atoms with Crippen molar-refractivity contribution in [1.82, 2.24) is 15.0 Å². The second-order valence-corrected chi connectivity index (χ2v) is 6.90. The quantitative estimate of drug-likeness (QED) is 0.563. The van der Waals surface area contributed by atoms with Crippen molar-refractivity contribution >= 4 is 29.0 Å². The van der Waals surface area contributed by atoms with Crippen LogP contribution in [0.1, 0.15) is 39.0 Å². The first-order valence-corrected chi connectivity index (χ1v) is 9.34. The molecule has 0 radical (unpaired) electrons. The smallest absolute Gasteiger partial charge is 0.324 e. The van der Waals surface area contributed by atoms with E-state index in [1.165, 1.54) is 36.7 Å². The van der Waals surface area contributed by atoms with Crippen LogP contribution < -0.4 is 10.6 Å². The largest absolute Gasteiger partial charge is 0.416 e. The van der Waals surface area contributed by atoms with E-state index in [9.17, 15) is 27.6 Å². The Hall–Kier alpha value is -4.02. The van der Waals surface area contributed by atoms with Crippen molar-refractivity contribution in [3.05, 3.63) is 71.0 Å². The molecule has 0 saturated carbocycles. The van der Waals surface area contributed by atoms with Gasteiger partial charge in [-0.25, -0.2) is 4.68 Å². The molecule has 2 N–H and O–H groups in total. The van der Waals surface area contributed by atoms with Crippen LogP contribution in [0, 0.1) is 6.92 Å². The number of aromatic nitrogens is 3. The van der Waals surface area contributed by atoms with Gasteiger partial charge in [-0.3, -0.25) is 14.4 Å². The third-order valence-corrected chi connectivity index (χ3v) is 4.49. The molecule has 0 aliphatic heterocycles. The van der Waals surface area contributed by atoms with Gasteiger partial charge in [-0.05, 0) is 44.2 Å². The van der Waals surface area contributed by atoms with Crippen LogP contribution >= 0.6 is 0 Å². The molecule has 0 saturated heterocycles. The summed E-state index contributed by atoms with van der Waals surface area (Å²) in [6, 6.07) is 10.6. The van der Waals surface area contributed by atoms with E-state index in [0.29, 0.717) is 11.3 Å². The van der Waals surface area contributed by atoms with Crippen LogP contribution in [0.2, 0.25) is 0 Å². The van der Waals surface area contributed by atoms with Crippen LogP contribution in [0.4, 0.5) is 24.5 Å². The molecule has 0 aliphatic carbocycles. The molecule has 0 bridgehead atoms. The van der Waals surface area contributed by atoms with Crippen molar-refractivity contribution < 1.29 is 27.6 Å². The lowest BCUT2D eigenvalue weighted by molar-refractivity contribution is -0.137. The summed E-state index contributed by atoms with van der Waals surface area (Å²) in [7, 11) is 0. The molecule has 2 amide bonds. The average Bonchev–Trinajstić information content (AvgIpc) is 3.08. The lowest BCUT2D eigenvalue weighted by Gasteiger charge is -2.09. The van der Waals surface area contributed by atoms with Crippen LogP contribution in [-0.4, -0.2) is 32.6 Å². The number of benzene rings is 2. The second kappa shape index (κ2) is 9.00. The predicted molar refractivity (Wildman–Crippen MR) is 109 cm³/mol. The molecule has 0 fully saturated rings. The number of hydrogen-bond acceptors (Lipinski definition) is 5. The zero-order chi connectivity index (χ0) is 23.5. The van der Waals surface area contributed by atoms with Crippen molar-refractivity contribution in [3.63, 3.8) is 0 Å². The fraction of sp³-hybridized carbons (Fsp3) is 0.190. The number of alkyl halides is 3. The molecular weight excluding hydrogens is 427 g/mol. The molecule has 0 unspecified atom stereocenters. The highest BCUT2D eigenvalue weighted by Crippen LogP contribution is 2.30. The molecule has 166 valence electrons. The van der Waals surface area contributed by atoms with Gasteiger partial charge in [-0.1, -0.05) is 23.4 Å². The highest BCUT2D eigenvalue weighted by molar-refractivity contribution is 6.03. The number of halogens is 3. The minimum atomic E-state index is -4.54. The Morgan fingerprint density at radius 3 is 2.31 bits per heavy atom. The fourth-order valence-electron chi connectivity index (χ4n) is 2.84. The summed E-state index contributed by atoms with van der Waals surface area (Å²) in [5, 5.41) is 12.5. The maximum absolute atomic E-state index is 12.8. The SMILES string of the molecule is CC(=O)c1cccc(NC(=O)Cn2nnc(C(=O)Nc3cccc(C(F)(F)F)c3)c2C)c1. The lowest BCUT2D eigenvalue weighted by atomic mass is 10.1. The molecule has 0 atom stereocenters. The molecule has 8 nitrogen and oxygen atoms in total. The number of Topliss-reactive ketones (excluding diaryl/α,β-unsaturated/α-hetero) is 1. The van der Waals surface area contributed by atoms with Gasteiger partial charge in [0.25, 0.3) is 5.91 Å². The Labute approximate surface area is 180 Å². The Balaban J connectivity index is 1.68. The van der Waals surface area contributed by atoms with E-state index in [1.54, 1.807) is 18.2 Å². The van der Waals surface area contributed by atoms with Gasteiger partial charge in [-0.2, -0.15) is 13.2 Å². The molecule has 3 aromatic rings. The normalized spacial score (nSPS) is 11.2. The highest BCUT2D eigenvalue weighted by atomic mass is 19.4. The predicted octanol–water partition coefficient (Wildman–Crippen LogP) is 3.70. The number of carbonyl (C=O) groups excluding carboxylic acids is 3. The van der Waals surface area contributed by atoms with Crippen LogP contribution in [0.5, 0.6) is 0 Å². The average molecular weight is 445 g/mol. The first kappa shape index (κ1) is 22.7. The molecule has 1 heterocycles. The van der Waals surface area contributed by atoms with Gasteiger partial charge in [0.15, 0.2) is 11.5 Å². The van der Waals surface area contributed by atoms with Crippen molar-refractivity contribution in [2.45, 2.75) is 26.6 Å². The second-order valence-electron chi connectivity index (χ2n) is 6.90. The topological polar surface area (TPSA) is 106 Å². The number of hydrogen-bond donors (Lipinski definition) is 2. The maximum atomic E-state index is 12.8. The lowest BCUT2D eigenvalue weighted by Crippen LogP contribution is -2.21. The van der Waals surface area contributed by atoms with Crippen LogP contribution in [0.3, 0.4) is 0 Å². The molecule has 32 heavy (non-hydrogen) atoms. The van der Waals surface area contributed by atoms with E-state index in [2.05, 4.69) is 20.9 Å². The van der Waals surface area contributed by atoms with Crippen LogP contribution in [-0.2, 0) is 17.5 Å². The number of rotatable bonds is 6. The van der Waals surface area contributed by atoms with Gasteiger partial charge in [0.2, 0.25) is 5.91 Å². The van der Waals surface area contributed by atoms with Gasteiger partial charge in [-0.15, -0.1) is 5.10 Å². The molecule has 0 spiro atoms. The summed E-state index contributed by atoms with van der Waals surface area (Å²) in [5.41, 5.74) is 0.0234. The Bertz CT molecular complexity index is 1190. The minimum absolute atomic E-state index is 0.0538. The van der Waals surface area contributed by atoms with E-state index in [1.807, 2.05) is 0 Å². The van der Waals surface area contributed by atoms with Crippen molar-refractivity contribution in [2.75, 3.05) is 10.6 Å². The van der Waals surface area contributed by atoms with Gasteiger partial charge in [0.05, 0.1) is 11.3 Å². The van der Waals surface area contributed by atoms with E-state index >= 15 is 0 Å². The molecule has 2 aromatic carbocycles. The summed E-state index contributed by atoms with van der Waals surface area (Å²) < 4.78 is 39.7. The third-order valence-electron chi connectivity index (χ3n) is 4.49. The van der Waals surface area contributed by atoms with Crippen molar-refractivity contribution in [2.24, 2.45) is 0 Å². The molecule has 0 aliphatic rings. The number of ketones is 1. The Morgan fingerprint density at radius 1 is 1.00 bits per heavy atom. The van der Waals surface area contributed by atoms with Gasteiger partial charge in [0, 0.05) is 16.9 Å². The molecule has 11 heteroatoms.